The molecule has 1 aliphatic heterocycles. The normalized spacial score (nSPS) is 16.6. The predicted octanol–water partition coefficient (Wildman–Crippen LogP) is 7.94. The van der Waals surface area contributed by atoms with Gasteiger partial charge in [0.1, 0.15) is 0 Å². The standard InChI is InChI=1S/C50H44B2P2/c1-9-25-43(26-10-1)51(44-27-11-2-12-28-44)41-54(49-37-21-7-22-38-49,50-39-23-8-24-40-50)52(45-29-13-3-14-30-45,46-31-15-4-16-32-46)42-53(51,47-33-17-5-18-34-47)48-35-19-6-20-36-48/h1-40H,41-42H2. The Balaban J connectivity index is 1.59. The molecule has 1 saturated heterocycles. The topological polar surface area (TPSA) is 0 Å². The molecule has 1 aliphatic rings. The van der Waals surface area contributed by atoms with E-state index >= 15 is 0 Å². The summed E-state index contributed by atoms with van der Waals surface area (Å²) in [5.41, 5.74) is 5.86. The van der Waals surface area contributed by atoms with E-state index in [4.69, 9.17) is 0 Å². The summed E-state index contributed by atoms with van der Waals surface area (Å²) in [6.07, 6.45) is 0. The van der Waals surface area contributed by atoms with Crippen LogP contribution in [0.25, 0.3) is 0 Å². The van der Waals surface area contributed by atoms with E-state index in [9.17, 15) is 0 Å². The molecule has 0 bridgehead atoms. The lowest BCUT2D eigenvalue weighted by molar-refractivity contribution is 1.63. The Bertz CT molecular complexity index is 1910. The van der Waals surface area contributed by atoms with Crippen LogP contribution in [0.2, 0.25) is 0 Å². The summed E-state index contributed by atoms with van der Waals surface area (Å²) in [6.45, 7) is 0. The Morgan fingerprint density at radius 2 is 0.389 bits per heavy atom. The summed E-state index contributed by atoms with van der Waals surface area (Å²) < 4.78 is 0. The zero-order chi connectivity index (χ0) is 36.3. The van der Waals surface area contributed by atoms with E-state index in [1.165, 1.54) is 43.1 Å². The highest BCUT2D eigenvalue weighted by atomic mass is 31.2. The zero-order valence-corrected chi connectivity index (χ0v) is 32.3. The van der Waals surface area contributed by atoms with Crippen LogP contribution in [0.5, 0.6) is 0 Å². The highest BCUT2D eigenvalue weighted by Crippen LogP contribution is 2.79. The second kappa shape index (κ2) is 14.5. The molecule has 0 radical (unpaired) electrons. The second-order valence-corrected chi connectivity index (χ2v) is 23.1. The molecule has 0 amide bonds. The highest BCUT2D eigenvalue weighted by Gasteiger charge is 2.73. The molecule has 0 aliphatic carbocycles. The van der Waals surface area contributed by atoms with E-state index in [-0.39, 0.29) is 0 Å². The fraction of sp³-hybridized carbons (Fsp3) is 0.0400. The van der Waals surface area contributed by atoms with Crippen LogP contribution >= 0.6 is 14.3 Å². The van der Waals surface area contributed by atoms with Crippen LogP contribution in [0.3, 0.4) is 0 Å². The van der Waals surface area contributed by atoms with Crippen molar-refractivity contribution < 1.29 is 0 Å². The molecule has 9 rings (SSSR count). The van der Waals surface area contributed by atoms with Crippen LogP contribution in [0.15, 0.2) is 243 Å². The molecule has 0 atom stereocenters. The Kier molecular flexibility index (Phi) is 9.29. The van der Waals surface area contributed by atoms with Crippen LogP contribution in [0, 0.1) is 0 Å². The van der Waals surface area contributed by atoms with E-state index in [1.807, 2.05) is 0 Å². The lowest BCUT2D eigenvalue weighted by atomic mass is 9.37. The molecule has 260 valence electrons. The highest BCUT2D eigenvalue weighted by molar-refractivity contribution is 8.34. The summed E-state index contributed by atoms with van der Waals surface area (Å²) in [7, 11) is -4.87. The van der Waals surface area contributed by atoms with Gasteiger partial charge in [-0.25, -0.2) is 0 Å². The molecule has 0 unspecified atom stereocenters. The van der Waals surface area contributed by atoms with Gasteiger partial charge in [-0.1, -0.05) is 194 Å². The Labute approximate surface area is 322 Å². The van der Waals surface area contributed by atoms with Crippen molar-refractivity contribution in [3.63, 3.8) is 0 Å². The molecule has 1 heterocycles. The molecule has 0 N–H and O–H groups in total. The first-order valence-corrected chi connectivity index (χ1v) is 23.4. The fourth-order valence-electron chi connectivity index (χ4n) is 10.9. The quantitative estimate of drug-likeness (QED) is 0.110. The van der Waals surface area contributed by atoms with Gasteiger partial charge in [0.2, 0.25) is 0 Å². The third-order valence-corrected chi connectivity index (χ3v) is 25.2. The second-order valence-electron chi connectivity index (χ2n) is 15.1. The summed E-state index contributed by atoms with van der Waals surface area (Å²) in [6, 6.07) is 96.0. The van der Waals surface area contributed by atoms with Gasteiger partial charge in [-0.15, -0.1) is 14.3 Å². The first-order chi connectivity index (χ1) is 26.8. The third-order valence-electron chi connectivity index (χ3n) is 12.9. The Morgan fingerprint density at radius 1 is 0.222 bits per heavy atom. The van der Waals surface area contributed by atoms with Gasteiger partial charge in [0.25, 0.3) is 11.7 Å². The van der Waals surface area contributed by atoms with Crippen molar-refractivity contribution in [3.05, 3.63) is 243 Å². The minimum atomic E-state index is -2.44. The molecule has 8 aromatic carbocycles. The molecule has 0 spiro atoms. The predicted molar refractivity (Wildman–Crippen MR) is 244 cm³/mol. The number of rotatable bonds is 8. The van der Waals surface area contributed by atoms with Crippen LogP contribution in [-0.4, -0.2) is 23.9 Å². The molecular formula is C50H44B2P2. The Morgan fingerprint density at radius 3 is 0.574 bits per heavy atom. The van der Waals surface area contributed by atoms with E-state index in [0.717, 1.165) is 12.1 Å². The largest absolute Gasteiger partial charge is 0.257 e. The zero-order valence-electron chi connectivity index (χ0n) is 30.6. The van der Waals surface area contributed by atoms with Crippen molar-refractivity contribution in [2.24, 2.45) is 0 Å². The van der Waals surface area contributed by atoms with Crippen LogP contribution < -0.4 is 43.1 Å². The van der Waals surface area contributed by atoms with Gasteiger partial charge in [-0.05, 0) is 60.7 Å². The minimum absolute atomic E-state index is 1.04. The minimum Gasteiger partial charge on any atom is -0.159 e. The smallest absolute Gasteiger partial charge is 0.159 e. The van der Waals surface area contributed by atoms with Crippen molar-refractivity contribution in [2.75, 3.05) is 12.1 Å². The summed E-state index contributed by atoms with van der Waals surface area (Å²) in [5.74, 6) is -3.01. The van der Waals surface area contributed by atoms with Crippen molar-refractivity contribution in [2.45, 2.75) is 0 Å². The fourth-order valence-corrected chi connectivity index (χ4v) is 26.9. The number of hydrogen-bond donors (Lipinski definition) is 0. The van der Waals surface area contributed by atoms with Gasteiger partial charge in [0.05, 0.1) is 21.2 Å². The Hall–Kier alpha value is -5.25. The maximum Gasteiger partial charge on any atom is 0.257 e. The first-order valence-electron chi connectivity index (χ1n) is 19.3. The summed E-state index contributed by atoms with van der Waals surface area (Å²) >= 11 is 0. The molecular weight excluding hydrogens is 684 g/mol. The molecule has 1 fully saturated rings. The van der Waals surface area contributed by atoms with Crippen LogP contribution in [0.4, 0.5) is 0 Å². The summed E-state index contributed by atoms with van der Waals surface area (Å²) in [4.78, 5) is 0. The van der Waals surface area contributed by atoms with Crippen molar-refractivity contribution in [3.8, 4) is 0 Å². The van der Waals surface area contributed by atoms with E-state index < -0.39 is 26.0 Å². The number of benzene rings is 8. The average Bonchev–Trinajstić information content (AvgIpc) is 3.28. The first kappa shape index (κ1) is 34.5. The maximum atomic E-state index is 2.48. The van der Waals surface area contributed by atoms with Crippen LogP contribution in [-0.2, 0) is 0 Å². The monoisotopic (exact) mass is 728 g/mol. The van der Waals surface area contributed by atoms with E-state index in [2.05, 4.69) is 243 Å². The molecule has 8 aromatic rings. The van der Waals surface area contributed by atoms with Crippen molar-refractivity contribution in [1.29, 1.82) is 0 Å². The molecule has 0 nitrogen and oxygen atoms in total. The van der Waals surface area contributed by atoms with E-state index in [1.54, 1.807) is 0 Å². The van der Waals surface area contributed by atoms with Crippen LogP contribution in [0.1, 0.15) is 0 Å². The summed E-state index contributed by atoms with van der Waals surface area (Å²) in [5, 5.41) is 5.95. The van der Waals surface area contributed by atoms with Crippen molar-refractivity contribution in [1.82, 2.24) is 0 Å². The molecule has 0 aromatic heterocycles. The van der Waals surface area contributed by atoms with Gasteiger partial charge >= 0.3 is 0 Å². The SMILES string of the molecule is c1ccc([B-]2(c3ccccc3)C[P+](c3ccccc3)(c3ccccc3)[B-](c3ccccc3)(c3ccccc3)C[P+]2(c2ccccc2)c2ccccc2)cc1. The molecule has 0 saturated carbocycles. The van der Waals surface area contributed by atoms with Gasteiger partial charge < -0.3 is 0 Å². The average molecular weight is 728 g/mol. The molecule has 54 heavy (non-hydrogen) atoms. The molecule has 4 heteroatoms. The van der Waals surface area contributed by atoms with Crippen molar-refractivity contribution >= 4 is 69.1 Å². The number of hydrogen-bond acceptors (Lipinski definition) is 0. The lowest BCUT2D eigenvalue weighted by Crippen LogP contribution is -2.80. The van der Waals surface area contributed by atoms with E-state index in [0.29, 0.717) is 0 Å². The van der Waals surface area contributed by atoms with Gasteiger partial charge in [-0.2, -0.15) is 21.9 Å². The third kappa shape index (κ3) is 5.23. The van der Waals surface area contributed by atoms with Gasteiger partial charge in [-0.3, -0.25) is 0 Å². The maximum absolute atomic E-state index is 2.48. The van der Waals surface area contributed by atoms with Gasteiger partial charge in [0, 0.05) is 0 Å². The van der Waals surface area contributed by atoms with Gasteiger partial charge in [0.15, 0.2) is 0 Å². The lowest BCUT2D eigenvalue weighted by Gasteiger charge is -2.67.